The molecule has 0 radical (unpaired) electrons. The van der Waals surface area contributed by atoms with E-state index in [0.29, 0.717) is 5.88 Å². The van der Waals surface area contributed by atoms with Crippen molar-refractivity contribution in [2.24, 2.45) is 0 Å². The number of rotatable bonds is 2. The van der Waals surface area contributed by atoms with Crippen molar-refractivity contribution in [2.75, 3.05) is 0 Å². The average Bonchev–Trinajstić information content (AvgIpc) is 2.31. The van der Waals surface area contributed by atoms with Crippen molar-refractivity contribution in [3.8, 4) is 11.6 Å². The molecule has 0 saturated carbocycles. The molecule has 1 aromatic carbocycles. The zero-order valence-corrected chi connectivity index (χ0v) is 15.0. The van der Waals surface area contributed by atoms with Crippen LogP contribution in [0.5, 0.6) is 11.6 Å². The Kier molecular flexibility index (Phi) is 4.49. The van der Waals surface area contributed by atoms with Crippen molar-refractivity contribution in [1.82, 2.24) is 9.97 Å². The highest BCUT2D eigenvalue weighted by molar-refractivity contribution is 9.10. The minimum absolute atomic E-state index is 0.128. The van der Waals surface area contributed by atoms with Crippen molar-refractivity contribution in [3.63, 3.8) is 0 Å². The molecular weight excluding hydrogens is 384 g/mol. The molecule has 0 unspecified atom stereocenters. The fourth-order valence-electron chi connectivity index (χ4n) is 1.62. The van der Waals surface area contributed by atoms with Gasteiger partial charge in [-0.15, -0.1) is 0 Å². The van der Waals surface area contributed by atoms with Gasteiger partial charge in [0.25, 0.3) is 0 Å². The number of halogens is 2. The summed E-state index contributed by atoms with van der Waals surface area (Å²) in [5, 5.41) is 0. The SMILES string of the molecule is Cc1cc(Br)ccc1Oc1cc(Br)nc(C(C)(C)C)n1. The second kappa shape index (κ2) is 5.82. The van der Waals surface area contributed by atoms with Crippen LogP contribution in [0.25, 0.3) is 0 Å². The third-order valence-electron chi connectivity index (χ3n) is 2.69. The Bertz CT molecular complexity index is 636. The van der Waals surface area contributed by atoms with Gasteiger partial charge in [-0.2, -0.15) is 4.98 Å². The van der Waals surface area contributed by atoms with Crippen LogP contribution in [0.15, 0.2) is 33.3 Å². The lowest BCUT2D eigenvalue weighted by molar-refractivity contribution is 0.442. The Hall–Kier alpha value is -0.940. The molecule has 106 valence electrons. The first-order valence-electron chi connectivity index (χ1n) is 6.25. The van der Waals surface area contributed by atoms with Crippen LogP contribution in [0.3, 0.4) is 0 Å². The molecule has 2 aromatic rings. The molecule has 0 aliphatic carbocycles. The molecule has 0 spiro atoms. The van der Waals surface area contributed by atoms with Gasteiger partial charge in [0, 0.05) is 16.0 Å². The van der Waals surface area contributed by atoms with Crippen LogP contribution in [0.2, 0.25) is 0 Å². The van der Waals surface area contributed by atoms with E-state index in [0.717, 1.165) is 26.2 Å². The van der Waals surface area contributed by atoms with E-state index in [1.165, 1.54) is 0 Å². The lowest BCUT2D eigenvalue weighted by Gasteiger charge is -2.17. The molecule has 0 saturated heterocycles. The van der Waals surface area contributed by atoms with Crippen molar-refractivity contribution in [3.05, 3.63) is 44.7 Å². The lowest BCUT2D eigenvalue weighted by atomic mass is 9.96. The summed E-state index contributed by atoms with van der Waals surface area (Å²) in [7, 11) is 0. The van der Waals surface area contributed by atoms with E-state index in [-0.39, 0.29) is 5.41 Å². The van der Waals surface area contributed by atoms with E-state index in [4.69, 9.17) is 4.74 Å². The van der Waals surface area contributed by atoms with Crippen LogP contribution in [0.1, 0.15) is 32.2 Å². The lowest BCUT2D eigenvalue weighted by Crippen LogP contribution is -2.16. The standard InChI is InChI=1S/C15H16Br2N2O/c1-9-7-10(16)5-6-11(9)20-13-8-12(17)18-14(19-13)15(2,3)4/h5-8H,1-4H3. The van der Waals surface area contributed by atoms with Crippen LogP contribution in [0.4, 0.5) is 0 Å². The van der Waals surface area contributed by atoms with Gasteiger partial charge in [0.1, 0.15) is 16.2 Å². The summed E-state index contributed by atoms with van der Waals surface area (Å²) in [6.45, 7) is 8.22. The largest absolute Gasteiger partial charge is 0.439 e. The van der Waals surface area contributed by atoms with Gasteiger partial charge in [-0.25, -0.2) is 4.98 Å². The summed E-state index contributed by atoms with van der Waals surface area (Å²) in [4.78, 5) is 8.89. The Morgan fingerprint density at radius 2 is 1.75 bits per heavy atom. The Morgan fingerprint density at radius 1 is 1.05 bits per heavy atom. The number of aryl methyl sites for hydroxylation is 1. The molecule has 20 heavy (non-hydrogen) atoms. The molecule has 0 atom stereocenters. The third kappa shape index (κ3) is 3.79. The number of hydrogen-bond acceptors (Lipinski definition) is 3. The van der Waals surface area contributed by atoms with Gasteiger partial charge in [0.05, 0.1) is 0 Å². The molecule has 0 amide bonds. The van der Waals surface area contributed by atoms with Crippen LogP contribution >= 0.6 is 31.9 Å². The second-order valence-electron chi connectivity index (χ2n) is 5.61. The number of benzene rings is 1. The Morgan fingerprint density at radius 3 is 2.35 bits per heavy atom. The summed E-state index contributed by atoms with van der Waals surface area (Å²) >= 11 is 6.85. The highest BCUT2D eigenvalue weighted by atomic mass is 79.9. The van der Waals surface area contributed by atoms with Crippen molar-refractivity contribution in [1.29, 1.82) is 0 Å². The summed E-state index contributed by atoms with van der Waals surface area (Å²) in [6, 6.07) is 7.66. The van der Waals surface area contributed by atoms with Gasteiger partial charge in [-0.3, -0.25) is 0 Å². The number of aromatic nitrogens is 2. The molecule has 0 bridgehead atoms. The fourth-order valence-corrected chi connectivity index (χ4v) is 2.46. The predicted molar refractivity (Wildman–Crippen MR) is 87.4 cm³/mol. The second-order valence-corrected chi connectivity index (χ2v) is 7.34. The first-order chi connectivity index (χ1) is 9.25. The highest BCUT2D eigenvalue weighted by Crippen LogP contribution is 2.29. The minimum Gasteiger partial charge on any atom is -0.439 e. The van der Waals surface area contributed by atoms with E-state index >= 15 is 0 Å². The van der Waals surface area contributed by atoms with E-state index in [2.05, 4.69) is 62.6 Å². The van der Waals surface area contributed by atoms with Crippen LogP contribution in [-0.4, -0.2) is 9.97 Å². The zero-order valence-electron chi connectivity index (χ0n) is 11.9. The maximum atomic E-state index is 5.88. The molecule has 3 nitrogen and oxygen atoms in total. The number of hydrogen-bond donors (Lipinski definition) is 0. The normalized spacial score (nSPS) is 11.5. The van der Waals surface area contributed by atoms with Gasteiger partial charge in [0.2, 0.25) is 5.88 Å². The van der Waals surface area contributed by atoms with Gasteiger partial charge in [0.15, 0.2) is 0 Å². The molecule has 0 aliphatic heterocycles. The minimum atomic E-state index is -0.128. The smallest absolute Gasteiger partial charge is 0.223 e. The van der Waals surface area contributed by atoms with Crippen LogP contribution in [-0.2, 0) is 5.41 Å². The predicted octanol–water partition coefficient (Wildman–Crippen LogP) is 5.40. The number of nitrogens with zero attached hydrogens (tertiary/aromatic N) is 2. The quantitative estimate of drug-likeness (QED) is 0.634. The van der Waals surface area contributed by atoms with Gasteiger partial charge in [-0.1, -0.05) is 36.7 Å². The monoisotopic (exact) mass is 398 g/mol. The molecule has 5 heteroatoms. The van der Waals surface area contributed by atoms with E-state index in [9.17, 15) is 0 Å². The summed E-state index contributed by atoms with van der Waals surface area (Å²) in [5.41, 5.74) is 0.919. The molecule has 1 aromatic heterocycles. The van der Waals surface area contributed by atoms with Gasteiger partial charge in [-0.05, 0) is 46.6 Å². The van der Waals surface area contributed by atoms with Crippen molar-refractivity contribution in [2.45, 2.75) is 33.1 Å². The molecule has 0 fully saturated rings. The average molecular weight is 400 g/mol. The van der Waals surface area contributed by atoms with Gasteiger partial charge >= 0.3 is 0 Å². The zero-order chi connectivity index (χ0) is 14.9. The van der Waals surface area contributed by atoms with Crippen LogP contribution < -0.4 is 4.74 Å². The Balaban J connectivity index is 2.36. The van der Waals surface area contributed by atoms with E-state index < -0.39 is 0 Å². The summed E-state index contributed by atoms with van der Waals surface area (Å²) in [5.74, 6) is 2.08. The van der Waals surface area contributed by atoms with E-state index in [1.54, 1.807) is 6.07 Å². The van der Waals surface area contributed by atoms with E-state index in [1.807, 2.05) is 25.1 Å². The number of ether oxygens (including phenoxy) is 1. The molecule has 1 heterocycles. The van der Waals surface area contributed by atoms with Crippen LogP contribution in [0, 0.1) is 6.92 Å². The maximum Gasteiger partial charge on any atom is 0.223 e. The van der Waals surface area contributed by atoms with Gasteiger partial charge < -0.3 is 4.74 Å². The third-order valence-corrected chi connectivity index (χ3v) is 3.59. The highest BCUT2D eigenvalue weighted by Gasteiger charge is 2.19. The topological polar surface area (TPSA) is 35.0 Å². The maximum absolute atomic E-state index is 5.88. The summed E-state index contributed by atoms with van der Waals surface area (Å²) in [6.07, 6.45) is 0. The first kappa shape index (κ1) is 15.4. The van der Waals surface area contributed by atoms with Crippen molar-refractivity contribution < 1.29 is 4.74 Å². The molecule has 2 rings (SSSR count). The fraction of sp³-hybridized carbons (Fsp3) is 0.333. The summed E-state index contributed by atoms with van der Waals surface area (Å²) < 4.78 is 7.63. The van der Waals surface area contributed by atoms with Crippen molar-refractivity contribution >= 4 is 31.9 Å². The molecule has 0 aliphatic rings. The Labute approximate surface area is 136 Å². The molecule has 0 N–H and O–H groups in total. The molecular formula is C15H16Br2N2O. The first-order valence-corrected chi connectivity index (χ1v) is 7.83.